The summed E-state index contributed by atoms with van der Waals surface area (Å²) >= 11 is 0. The van der Waals surface area contributed by atoms with Crippen molar-refractivity contribution >= 4 is 27.6 Å². The van der Waals surface area contributed by atoms with Gasteiger partial charge in [0.2, 0.25) is 0 Å². The molecule has 3 rings (SSSR count). The number of primary amides is 1. The van der Waals surface area contributed by atoms with Crippen molar-refractivity contribution in [3.63, 3.8) is 0 Å². The second-order valence-corrected chi connectivity index (χ2v) is 4.41. The van der Waals surface area contributed by atoms with Crippen molar-refractivity contribution in [1.29, 1.82) is 0 Å². The van der Waals surface area contributed by atoms with Gasteiger partial charge in [-0.25, -0.2) is 4.79 Å². The zero-order valence-corrected chi connectivity index (χ0v) is 10.3. The highest BCUT2D eigenvalue weighted by Gasteiger charge is 2.08. The molecule has 0 aliphatic heterocycles. The lowest BCUT2D eigenvalue weighted by atomic mass is 9.97. The molecule has 0 saturated carbocycles. The maximum absolute atomic E-state index is 10.8. The fourth-order valence-corrected chi connectivity index (χ4v) is 2.41. The molecule has 0 spiro atoms. The monoisotopic (exact) mass is 251 g/mol. The molecule has 0 heterocycles. The number of nitrogens with two attached hydrogens (primary N) is 1. The lowest BCUT2D eigenvalue weighted by molar-refractivity contribution is 0.151. The molecule has 0 bridgehead atoms. The first-order valence-electron chi connectivity index (χ1n) is 6.07. The summed E-state index contributed by atoms with van der Waals surface area (Å²) < 4.78 is 4.98. The van der Waals surface area contributed by atoms with Crippen molar-refractivity contribution in [2.75, 3.05) is 0 Å². The summed E-state index contributed by atoms with van der Waals surface area (Å²) in [5, 5.41) is 4.43. The summed E-state index contributed by atoms with van der Waals surface area (Å²) in [5.41, 5.74) is 6.06. The summed E-state index contributed by atoms with van der Waals surface area (Å²) in [6.07, 6.45) is -0.753. The Morgan fingerprint density at radius 1 is 0.947 bits per heavy atom. The summed E-state index contributed by atoms with van der Waals surface area (Å²) in [6, 6.07) is 18.2. The van der Waals surface area contributed by atoms with E-state index in [9.17, 15) is 4.79 Å². The van der Waals surface area contributed by atoms with Gasteiger partial charge < -0.3 is 10.5 Å². The van der Waals surface area contributed by atoms with Crippen molar-refractivity contribution in [3.05, 3.63) is 60.2 Å². The number of rotatable bonds is 2. The van der Waals surface area contributed by atoms with E-state index in [0.29, 0.717) is 0 Å². The summed E-state index contributed by atoms with van der Waals surface area (Å²) in [7, 11) is 0. The minimum Gasteiger partial charge on any atom is -0.445 e. The fraction of sp³-hybridized carbons (Fsp3) is 0.0625. The average molecular weight is 251 g/mol. The molecule has 0 saturated heterocycles. The third-order valence-electron chi connectivity index (χ3n) is 3.24. The topological polar surface area (TPSA) is 52.3 Å². The predicted octanol–water partition coefficient (Wildman–Crippen LogP) is 3.59. The Morgan fingerprint density at radius 3 is 2.00 bits per heavy atom. The molecule has 0 aliphatic rings. The molecule has 1 amide bonds. The van der Waals surface area contributed by atoms with Gasteiger partial charge in [-0.3, -0.25) is 0 Å². The van der Waals surface area contributed by atoms with E-state index in [4.69, 9.17) is 10.5 Å². The molecule has 3 heteroatoms. The fourth-order valence-electron chi connectivity index (χ4n) is 2.41. The van der Waals surface area contributed by atoms with Crippen LogP contribution in [0, 0.1) is 0 Å². The minimum absolute atomic E-state index is 0.192. The van der Waals surface area contributed by atoms with E-state index in [0.717, 1.165) is 27.1 Å². The third kappa shape index (κ3) is 2.10. The van der Waals surface area contributed by atoms with Gasteiger partial charge in [0, 0.05) is 5.56 Å². The third-order valence-corrected chi connectivity index (χ3v) is 3.24. The van der Waals surface area contributed by atoms with Crippen LogP contribution in [0.15, 0.2) is 54.6 Å². The van der Waals surface area contributed by atoms with Crippen molar-refractivity contribution in [2.24, 2.45) is 5.73 Å². The van der Waals surface area contributed by atoms with Crippen LogP contribution in [0.25, 0.3) is 21.5 Å². The molecule has 0 aliphatic carbocycles. The van der Waals surface area contributed by atoms with E-state index >= 15 is 0 Å². The van der Waals surface area contributed by atoms with E-state index in [2.05, 4.69) is 18.2 Å². The summed E-state index contributed by atoms with van der Waals surface area (Å²) in [4.78, 5) is 10.8. The minimum atomic E-state index is -0.753. The number of carbonyl (C=O) groups excluding carboxylic acids is 1. The van der Waals surface area contributed by atoms with Crippen LogP contribution in [-0.4, -0.2) is 6.09 Å². The van der Waals surface area contributed by atoms with Crippen LogP contribution >= 0.6 is 0 Å². The van der Waals surface area contributed by atoms with Crippen molar-refractivity contribution in [2.45, 2.75) is 6.61 Å². The second-order valence-electron chi connectivity index (χ2n) is 4.41. The van der Waals surface area contributed by atoms with Crippen LogP contribution in [0.3, 0.4) is 0 Å². The number of fused-ring (bicyclic) bond motifs is 2. The Labute approximate surface area is 110 Å². The van der Waals surface area contributed by atoms with Gasteiger partial charge >= 0.3 is 6.09 Å². The van der Waals surface area contributed by atoms with Gasteiger partial charge in [-0.05, 0) is 27.6 Å². The van der Waals surface area contributed by atoms with Crippen LogP contribution in [0.4, 0.5) is 4.79 Å². The van der Waals surface area contributed by atoms with Crippen LogP contribution in [-0.2, 0) is 11.3 Å². The predicted molar refractivity (Wildman–Crippen MR) is 75.8 cm³/mol. The van der Waals surface area contributed by atoms with E-state index in [1.54, 1.807) is 0 Å². The Bertz CT molecular complexity index is 711. The zero-order valence-electron chi connectivity index (χ0n) is 10.3. The summed E-state index contributed by atoms with van der Waals surface area (Å²) in [5.74, 6) is 0. The van der Waals surface area contributed by atoms with E-state index in [1.165, 1.54) is 0 Å². The molecule has 3 aromatic carbocycles. The number of amides is 1. The van der Waals surface area contributed by atoms with Gasteiger partial charge in [-0.2, -0.15) is 0 Å². The molecule has 2 N–H and O–H groups in total. The molecule has 0 unspecified atom stereocenters. The van der Waals surface area contributed by atoms with Crippen LogP contribution in [0.5, 0.6) is 0 Å². The highest BCUT2D eigenvalue weighted by Crippen LogP contribution is 2.28. The molecule has 0 radical (unpaired) electrons. The van der Waals surface area contributed by atoms with Gasteiger partial charge in [0.15, 0.2) is 0 Å². The number of hydrogen-bond acceptors (Lipinski definition) is 2. The first kappa shape index (κ1) is 11.5. The smallest absolute Gasteiger partial charge is 0.404 e. The highest BCUT2D eigenvalue weighted by molar-refractivity contribution is 6.02. The number of hydrogen-bond donors (Lipinski definition) is 1. The van der Waals surface area contributed by atoms with Gasteiger partial charge in [0.1, 0.15) is 6.61 Å². The highest BCUT2D eigenvalue weighted by atomic mass is 16.5. The maximum Gasteiger partial charge on any atom is 0.404 e. The lowest BCUT2D eigenvalue weighted by Gasteiger charge is -2.11. The zero-order chi connectivity index (χ0) is 13.2. The Hall–Kier alpha value is -2.55. The van der Waals surface area contributed by atoms with Crippen molar-refractivity contribution < 1.29 is 9.53 Å². The molecule has 19 heavy (non-hydrogen) atoms. The van der Waals surface area contributed by atoms with Gasteiger partial charge in [0.05, 0.1) is 0 Å². The number of carbonyl (C=O) groups is 1. The number of ether oxygens (including phenoxy) is 1. The van der Waals surface area contributed by atoms with Crippen LogP contribution in [0.1, 0.15) is 5.56 Å². The second kappa shape index (κ2) is 4.61. The molecule has 0 fully saturated rings. The molecule has 3 nitrogen and oxygen atoms in total. The van der Waals surface area contributed by atoms with Crippen LogP contribution in [0.2, 0.25) is 0 Å². The van der Waals surface area contributed by atoms with E-state index in [-0.39, 0.29) is 6.61 Å². The van der Waals surface area contributed by atoms with Gasteiger partial charge in [-0.15, -0.1) is 0 Å². The normalized spacial score (nSPS) is 10.7. The molecule has 3 aromatic rings. The maximum atomic E-state index is 10.8. The standard InChI is InChI=1S/C16H13NO2/c17-16(18)19-10-15-13-7-3-1-5-11(13)9-12-6-2-4-8-14(12)15/h1-9H,10H2,(H2,17,18). The van der Waals surface area contributed by atoms with E-state index < -0.39 is 6.09 Å². The summed E-state index contributed by atoms with van der Waals surface area (Å²) in [6.45, 7) is 0.192. The van der Waals surface area contributed by atoms with Gasteiger partial charge in [-0.1, -0.05) is 48.5 Å². The molecule has 0 aromatic heterocycles. The quantitative estimate of drug-likeness (QED) is 0.707. The Morgan fingerprint density at radius 2 is 1.47 bits per heavy atom. The van der Waals surface area contributed by atoms with Crippen molar-refractivity contribution in [1.82, 2.24) is 0 Å². The molecule has 94 valence electrons. The first-order valence-corrected chi connectivity index (χ1v) is 6.07. The van der Waals surface area contributed by atoms with Crippen molar-refractivity contribution in [3.8, 4) is 0 Å². The SMILES string of the molecule is NC(=O)OCc1c2ccccc2cc2ccccc12. The molecule has 0 atom stereocenters. The average Bonchev–Trinajstić information content (AvgIpc) is 2.43. The Balaban J connectivity index is 2.29. The lowest BCUT2D eigenvalue weighted by Crippen LogP contribution is -2.12. The van der Waals surface area contributed by atoms with Gasteiger partial charge in [0.25, 0.3) is 0 Å². The van der Waals surface area contributed by atoms with Crippen LogP contribution < -0.4 is 5.73 Å². The Kier molecular flexibility index (Phi) is 2.80. The first-order chi connectivity index (χ1) is 9.25. The largest absolute Gasteiger partial charge is 0.445 e. The van der Waals surface area contributed by atoms with E-state index in [1.807, 2.05) is 36.4 Å². The number of benzene rings is 3. The molecular weight excluding hydrogens is 238 g/mol. The molecular formula is C16H13NO2.